The number of aromatic nitrogens is 1. The number of carboxylic acid groups (broad SMARTS) is 1. The number of benzene rings is 2. The molecular weight excluding hydrogens is 509 g/mol. The average Bonchev–Trinajstić information content (AvgIpc) is 3.08. The molecule has 1 amide bonds. The maximum absolute atomic E-state index is 13.9. The van der Waals surface area contributed by atoms with Gasteiger partial charge in [-0.15, -0.1) is 0 Å². The maximum atomic E-state index is 13.9. The van der Waals surface area contributed by atoms with Gasteiger partial charge < -0.3 is 15.0 Å². The van der Waals surface area contributed by atoms with Gasteiger partial charge in [-0.25, -0.2) is 4.39 Å². The summed E-state index contributed by atoms with van der Waals surface area (Å²) in [5.74, 6) is -2.23. The minimum absolute atomic E-state index is 0.241. The molecule has 0 saturated heterocycles. The summed E-state index contributed by atoms with van der Waals surface area (Å²) in [5.41, 5.74) is -1.19. The lowest BCUT2D eigenvalue weighted by molar-refractivity contribution is -0.141. The minimum atomic E-state index is -4.88. The third-order valence-electron chi connectivity index (χ3n) is 6.45. The predicted molar refractivity (Wildman–Crippen MR) is 118 cm³/mol. The molecule has 0 spiro atoms. The number of carbonyl (C=O) groups is 2. The van der Waals surface area contributed by atoms with Crippen LogP contribution in [0.5, 0.6) is 0 Å². The van der Waals surface area contributed by atoms with Crippen molar-refractivity contribution in [2.45, 2.75) is 57.0 Å². The van der Waals surface area contributed by atoms with Crippen molar-refractivity contribution in [3.63, 3.8) is 0 Å². The minimum Gasteiger partial charge on any atom is -0.480 e. The van der Waals surface area contributed by atoms with E-state index in [4.69, 9.17) is 0 Å². The summed E-state index contributed by atoms with van der Waals surface area (Å²) < 4.78 is 94.5. The second-order valence-electron chi connectivity index (χ2n) is 8.94. The second kappa shape index (κ2) is 9.71. The molecule has 1 aliphatic rings. The van der Waals surface area contributed by atoms with E-state index in [0.717, 1.165) is 0 Å². The number of hydrogen-bond acceptors (Lipinski definition) is 2. The number of halogens is 7. The molecule has 2 aromatic carbocycles. The zero-order valence-electron chi connectivity index (χ0n) is 19.1. The van der Waals surface area contributed by atoms with Gasteiger partial charge in [0.1, 0.15) is 12.4 Å². The summed E-state index contributed by atoms with van der Waals surface area (Å²) in [6, 6.07) is 4.65. The lowest BCUT2D eigenvalue weighted by Gasteiger charge is -2.25. The van der Waals surface area contributed by atoms with Crippen molar-refractivity contribution >= 4 is 22.8 Å². The van der Waals surface area contributed by atoms with E-state index in [1.165, 1.54) is 18.2 Å². The first-order valence-corrected chi connectivity index (χ1v) is 11.3. The van der Waals surface area contributed by atoms with Gasteiger partial charge >= 0.3 is 18.3 Å². The van der Waals surface area contributed by atoms with Gasteiger partial charge in [-0.2, -0.15) is 26.3 Å². The average molecular weight is 530 g/mol. The summed E-state index contributed by atoms with van der Waals surface area (Å²) in [7, 11) is 0. The molecule has 0 saturated carbocycles. The summed E-state index contributed by atoms with van der Waals surface area (Å²) in [6.07, 6.45) is -9.72. The van der Waals surface area contributed by atoms with Crippen molar-refractivity contribution in [1.29, 1.82) is 0 Å². The smallest absolute Gasteiger partial charge is 0.416 e. The Morgan fingerprint density at radius 3 is 2.41 bits per heavy atom. The fourth-order valence-electron chi connectivity index (χ4n) is 4.86. The first kappa shape index (κ1) is 26.5. The van der Waals surface area contributed by atoms with Gasteiger partial charge in [-0.05, 0) is 73.2 Å². The maximum Gasteiger partial charge on any atom is 0.416 e. The van der Waals surface area contributed by atoms with Crippen molar-refractivity contribution in [1.82, 2.24) is 9.88 Å². The van der Waals surface area contributed by atoms with Crippen LogP contribution in [0.1, 0.15) is 40.8 Å². The number of hydrogen-bond donors (Lipinski definition) is 2. The highest BCUT2D eigenvalue weighted by atomic mass is 19.4. The highest BCUT2D eigenvalue weighted by Crippen LogP contribution is 2.37. The standard InChI is InChI=1S/C25H21F7N2O3/c26-15-3-6-20-17(10-15)18-11-16(4-7-21(18)34(20)12-23(36)37)33-22(35)8-1-13-9-14(24(27,28)29)2-5-19(13)25(30,31)32/h2-3,5-6,9-10,16H,1,4,7-8,11-12H2,(H,33,35)(H,36,37). The number of nitrogens with zero attached hydrogens (tertiary/aromatic N) is 1. The Morgan fingerprint density at radius 1 is 1.03 bits per heavy atom. The lowest BCUT2D eigenvalue weighted by Crippen LogP contribution is -2.39. The molecule has 12 heteroatoms. The largest absolute Gasteiger partial charge is 0.480 e. The Labute approximate surface area is 205 Å². The Balaban J connectivity index is 1.50. The highest BCUT2D eigenvalue weighted by Gasteiger charge is 2.37. The third kappa shape index (κ3) is 5.72. The van der Waals surface area contributed by atoms with Crippen molar-refractivity contribution in [2.75, 3.05) is 0 Å². The van der Waals surface area contributed by atoms with Crippen molar-refractivity contribution in [3.8, 4) is 0 Å². The summed E-state index contributed by atoms with van der Waals surface area (Å²) in [4.78, 5) is 23.9. The van der Waals surface area contributed by atoms with E-state index in [1.54, 1.807) is 4.57 Å². The first-order chi connectivity index (χ1) is 17.2. The molecule has 1 aliphatic carbocycles. The van der Waals surface area contributed by atoms with E-state index in [-0.39, 0.29) is 13.0 Å². The SMILES string of the molecule is O=C(O)Cn1c2c(c3cc(F)ccc31)CC(NC(=O)CCc1cc(C(F)(F)F)ccc1C(F)(F)F)CC2. The van der Waals surface area contributed by atoms with Gasteiger partial charge in [0.2, 0.25) is 5.91 Å². The monoisotopic (exact) mass is 530 g/mol. The number of aliphatic carboxylic acids is 1. The van der Waals surface area contributed by atoms with Crippen LogP contribution in [0, 0.1) is 5.82 Å². The van der Waals surface area contributed by atoms with Crippen LogP contribution in [-0.2, 0) is 47.7 Å². The topological polar surface area (TPSA) is 71.3 Å². The Hall–Kier alpha value is -3.57. The van der Waals surface area contributed by atoms with Crippen LogP contribution >= 0.6 is 0 Å². The van der Waals surface area contributed by atoms with Gasteiger partial charge in [0, 0.05) is 29.1 Å². The van der Waals surface area contributed by atoms with Crippen molar-refractivity contribution in [3.05, 3.63) is 70.2 Å². The summed E-state index contributed by atoms with van der Waals surface area (Å²) in [6.45, 7) is -0.326. The number of fused-ring (bicyclic) bond motifs is 3. The molecule has 37 heavy (non-hydrogen) atoms. The molecule has 4 rings (SSSR count). The van der Waals surface area contributed by atoms with Crippen LogP contribution in [0.2, 0.25) is 0 Å². The van der Waals surface area contributed by atoms with E-state index < -0.39 is 65.6 Å². The van der Waals surface area contributed by atoms with E-state index in [2.05, 4.69) is 5.32 Å². The van der Waals surface area contributed by atoms with Crippen LogP contribution < -0.4 is 5.32 Å². The van der Waals surface area contributed by atoms with Gasteiger partial charge in [0.15, 0.2) is 0 Å². The molecule has 3 aromatic rings. The van der Waals surface area contributed by atoms with Crippen LogP contribution in [0.15, 0.2) is 36.4 Å². The van der Waals surface area contributed by atoms with Crippen molar-refractivity contribution in [2.24, 2.45) is 0 Å². The number of nitrogens with one attached hydrogen (secondary N) is 1. The molecule has 0 bridgehead atoms. The molecule has 1 unspecified atom stereocenters. The molecular formula is C25H21F7N2O3. The molecule has 1 heterocycles. The number of alkyl halides is 6. The van der Waals surface area contributed by atoms with Crippen LogP contribution in [0.4, 0.5) is 30.7 Å². The first-order valence-electron chi connectivity index (χ1n) is 11.3. The molecule has 1 aromatic heterocycles. The van der Waals surface area contributed by atoms with E-state index in [0.29, 0.717) is 53.2 Å². The number of aryl methyl sites for hydroxylation is 1. The number of rotatable bonds is 6. The second-order valence-corrected chi connectivity index (χ2v) is 8.94. The predicted octanol–water partition coefficient (Wildman–Crippen LogP) is 5.51. The van der Waals surface area contributed by atoms with Crippen LogP contribution in [-0.4, -0.2) is 27.6 Å². The fraction of sp³-hybridized carbons (Fsp3) is 0.360. The lowest BCUT2D eigenvalue weighted by atomic mass is 9.91. The van der Waals surface area contributed by atoms with Gasteiger partial charge in [0.05, 0.1) is 11.1 Å². The normalized spacial score (nSPS) is 16.0. The van der Waals surface area contributed by atoms with E-state index in [9.17, 15) is 45.4 Å². The molecule has 0 aliphatic heterocycles. The number of amides is 1. The molecule has 0 radical (unpaired) electrons. The summed E-state index contributed by atoms with van der Waals surface area (Å²) in [5, 5.41) is 12.5. The molecule has 198 valence electrons. The zero-order chi connectivity index (χ0) is 27.1. The Bertz CT molecular complexity index is 1360. The van der Waals surface area contributed by atoms with Crippen LogP contribution in [0.3, 0.4) is 0 Å². The van der Waals surface area contributed by atoms with Gasteiger partial charge in [-0.1, -0.05) is 0 Å². The molecule has 0 fully saturated rings. The Kier molecular flexibility index (Phi) is 6.95. The Morgan fingerprint density at radius 2 is 1.76 bits per heavy atom. The molecule has 1 atom stereocenters. The quantitative estimate of drug-likeness (QED) is 0.413. The fourth-order valence-corrected chi connectivity index (χ4v) is 4.86. The zero-order valence-corrected chi connectivity index (χ0v) is 19.1. The van der Waals surface area contributed by atoms with Crippen molar-refractivity contribution < 1.29 is 45.4 Å². The number of carboxylic acids is 1. The summed E-state index contributed by atoms with van der Waals surface area (Å²) >= 11 is 0. The van der Waals surface area contributed by atoms with Crippen LogP contribution in [0.25, 0.3) is 10.9 Å². The van der Waals surface area contributed by atoms with E-state index in [1.807, 2.05) is 0 Å². The van der Waals surface area contributed by atoms with Gasteiger partial charge in [-0.3, -0.25) is 9.59 Å². The third-order valence-corrected chi connectivity index (χ3v) is 6.45. The molecule has 5 nitrogen and oxygen atoms in total. The van der Waals surface area contributed by atoms with Gasteiger partial charge in [0.25, 0.3) is 0 Å². The number of carbonyl (C=O) groups excluding carboxylic acids is 1. The molecule has 2 N–H and O–H groups in total. The highest BCUT2D eigenvalue weighted by molar-refractivity contribution is 5.87. The van der Waals surface area contributed by atoms with E-state index >= 15 is 0 Å².